The number of methoxy groups -OCH3 is 1. The van der Waals surface area contributed by atoms with Crippen LogP contribution in [0.25, 0.3) is 6.08 Å². The molecular formula is C17H16ClNO5S. The molecule has 0 aliphatic rings. The van der Waals surface area contributed by atoms with E-state index >= 15 is 0 Å². The lowest BCUT2D eigenvalue weighted by molar-refractivity contribution is -0.131. The normalized spacial score (nSPS) is 11.6. The Kier molecular flexibility index (Phi) is 6.19. The highest BCUT2D eigenvalue weighted by atomic mass is 35.5. The van der Waals surface area contributed by atoms with Crippen LogP contribution in [0.5, 0.6) is 5.75 Å². The maximum absolute atomic E-state index is 12.6. The Morgan fingerprint density at radius 1 is 1.24 bits per heavy atom. The summed E-state index contributed by atoms with van der Waals surface area (Å²) in [4.78, 5) is 10.5. The van der Waals surface area contributed by atoms with Gasteiger partial charge in [-0.15, -0.1) is 0 Å². The van der Waals surface area contributed by atoms with E-state index in [1.165, 1.54) is 25.3 Å². The Morgan fingerprint density at radius 3 is 2.52 bits per heavy atom. The van der Waals surface area contributed by atoms with E-state index in [4.69, 9.17) is 21.4 Å². The number of sulfonamides is 1. The van der Waals surface area contributed by atoms with E-state index in [1.807, 2.05) is 0 Å². The SMILES string of the molecule is COc1ccc(/C=C/C(=O)O)cc1S(=O)(=O)NCc1ccc(Cl)cc1. The Hall–Kier alpha value is -2.35. The minimum Gasteiger partial charge on any atom is -0.495 e. The molecule has 0 unspecified atom stereocenters. The fraction of sp³-hybridized carbons (Fsp3) is 0.118. The number of hydrogen-bond donors (Lipinski definition) is 2. The molecule has 25 heavy (non-hydrogen) atoms. The summed E-state index contributed by atoms with van der Waals surface area (Å²) >= 11 is 5.80. The minimum atomic E-state index is -3.86. The molecule has 0 radical (unpaired) electrons. The van der Waals surface area contributed by atoms with E-state index < -0.39 is 16.0 Å². The third-order valence-electron chi connectivity index (χ3n) is 3.28. The van der Waals surface area contributed by atoms with Crippen LogP contribution >= 0.6 is 11.6 Å². The molecule has 0 bridgehead atoms. The van der Waals surface area contributed by atoms with Gasteiger partial charge in [0, 0.05) is 17.6 Å². The van der Waals surface area contributed by atoms with Crippen LogP contribution in [0.3, 0.4) is 0 Å². The number of nitrogens with one attached hydrogen (secondary N) is 1. The largest absolute Gasteiger partial charge is 0.495 e. The van der Waals surface area contributed by atoms with Gasteiger partial charge in [0.05, 0.1) is 7.11 Å². The number of carbonyl (C=O) groups is 1. The second kappa shape index (κ2) is 8.15. The maximum Gasteiger partial charge on any atom is 0.328 e. The quantitative estimate of drug-likeness (QED) is 0.719. The predicted molar refractivity (Wildman–Crippen MR) is 95.1 cm³/mol. The van der Waals surface area contributed by atoms with Crippen molar-refractivity contribution in [2.45, 2.75) is 11.4 Å². The third kappa shape index (κ3) is 5.32. The van der Waals surface area contributed by atoms with Crippen molar-refractivity contribution >= 4 is 33.7 Å². The van der Waals surface area contributed by atoms with Crippen molar-refractivity contribution in [1.82, 2.24) is 4.72 Å². The predicted octanol–water partition coefficient (Wildman–Crippen LogP) is 2.92. The number of hydrogen-bond acceptors (Lipinski definition) is 4. The number of benzene rings is 2. The van der Waals surface area contributed by atoms with Crippen LogP contribution in [0, 0.1) is 0 Å². The van der Waals surface area contributed by atoms with Crippen LogP contribution in [0.15, 0.2) is 53.4 Å². The third-order valence-corrected chi connectivity index (χ3v) is 4.95. The van der Waals surface area contributed by atoms with Crippen molar-refractivity contribution in [3.8, 4) is 5.75 Å². The van der Waals surface area contributed by atoms with E-state index in [0.717, 1.165) is 11.6 Å². The summed E-state index contributed by atoms with van der Waals surface area (Å²) in [5.41, 5.74) is 1.17. The summed E-state index contributed by atoms with van der Waals surface area (Å²) in [6.45, 7) is 0.0812. The number of carboxylic acid groups (broad SMARTS) is 1. The molecule has 0 spiro atoms. The van der Waals surface area contributed by atoms with Crippen molar-refractivity contribution in [2.24, 2.45) is 0 Å². The zero-order valence-corrected chi connectivity index (χ0v) is 14.8. The molecule has 2 aromatic carbocycles. The molecule has 2 N–H and O–H groups in total. The van der Waals surface area contributed by atoms with Gasteiger partial charge in [0.2, 0.25) is 10.0 Å². The summed E-state index contributed by atoms with van der Waals surface area (Å²) in [7, 11) is -2.50. The van der Waals surface area contributed by atoms with Gasteiger partial charge >= 0.3 is 5.97 Å². The van der Waals surface area contributed by atoms with Crippen molar-refractivity contribution in [3.63, 3.8) is 0 Å². The first-order chi connectivity index (χ1) is 11.8. The Balaban J connectivity index is 2.28. The molecule has 8 heteroatoms. The molecule has 0 atom stereocenters. The fourth-order valence-electron chi connectivity index (χ4n) is 2.03. The highest BCUT2D eigenvalue weighted by Crippen LogP contribution is 2.25. The highest BCUT2D eigenvalue weighted by Gasteiger charge is 2.19. The van der Waals surface area contributed by atoms with Crippen LogP contribution in [-0.4, -0.2) is 26.6 Å². The lowest BCUT2D eigenvalue weighted by Gasteiger charge is -2.12. The molecule has 0 aromatic heterocycles. The van der Waals surface area contributed by atoms with Crippen LogP contribution in [0.1, 0.15) is 11.1 Å². The summed E-state index contributed by atoms with van der Waals surface area (Å²) in [6, 6.07) is 11.2. The summed E-state index contributed by atoms with van der Waals surface area (Å²) in [6.07, 6.45) is 2.24. The molecule has 132 valence electrons. The molecule has 0 heterocycles. The lowest BCUT2D eigenvalue weighted by atomic mass is 10.2. The molecule has 0 saturated carbocycles. The lowest BCUT2D eigenvalue weighted by Crippen LogP contribution is -2.23. The smallest absolute Gasteiger partial charge is 0.328 e. The standard InChI is InChI=1S/C17H16ClNO5S/c1-24-15-8-4-12(5-9-17(20)21)10-16(15)25(22,23)19-11-13-2-6-14(18)7-3-13/h2-10,19H,11H2,1H3,(H,20,21)/b9-5+. The summed E-state index contributed by atoms with van der Waals surface area (Å²) in [5, 5.41) is 9.24. The first kappa shape index (κ1) is 19.0. The molecule has 0 aliphatic carbocycles. The molecule has 0 amide bonds. The number of carboxylic acids is 1. The zero-order valence-electron chi connectivity index (χ0n) is 13.3. The molecule has 0 fully saturated rings. The van der Waals surface area contributed by atoms with E-state index in [9.17, 15) is 13.2 Å². The van der Waals surface area contributed by atoms with Crippen molar-refractivity contribution in [1.29, 1.82) is 0 Å². The Labute approximate surface area is 150 Å². The van der Waals surface area contributed by atoms with E-state index in [0.29, 0.717) is 10.6 Å². The van der Waals surface area contributed by atoms with Crippen molar-refractivity contribution < 1.29 is 23.1 Å². The number of rotatable bonds is 7. The topological polar surface area (TPSA) is 92.7 Å². The first-order valence-corrected chi connectivity index (χ1v) is 9.01. The van der Waals surface area contributed by atoms with Gasteiger partial charge in [0.25, 0.3) is 0 Å². The molecular weight excluding hydrogens is 366 g/mol. The van der Waals surface area contributed by atoms with Crippen LogP contribution in [-0.2, 0) is 21.4 Å². The van der Waals surface area contributed by atoms with Gasteiger partial charge in [0.15, 0.2) is 0 Å². The average Bonchev–Trinajstić information content (AvgIpc) is 2.59. The van der Waals surface area contributed by atoms with Gasteiger partial charge in [-0.2, -0.15) is 0 Å². The van der Waals surface area contributed by atoms with Gasteiger partial charge in [-0.3, -0.25) is 0 Å². The van der Waals surface area contributed by atoms with Gasteiger partial charge < -0.3 is 9.84 Å². The van der Waals surface area contributed by atoms with Gasteiger partial charge in [-0.25, -0.2) is 17.9 Å². The van der Waals surface area contributed by atoms with Gasteiger partial charge in [-0.05, 0) is 41.5 Å². The summed E-state index contributed by atoms with van der Waals surface area (Å²) < 4.78 is 32.8. The van der Waals surface area contributed by atoms with E-state index in [1.54, 1.807) is 30.3 Å². The van der Waals surface area contributed by atoms with Crippen LogP contribution in [0.2, 0.25) is 5.02 Å². The van der Waals surface area contributed by atoms with Crippen molar-refractivity contribution in [3.05, 3.63) is 64.7 Å². The van der Waals surface area contributed by atoms with Crippen LogP contribution < -0.4 is 9.46 Å². The second-order valence-electron chi connectivity index (χ2n) is 5.03. The van der Waals surface area contributed by atoms with Crippen LogP contribution in [0.4, 0.5) is 0 Å². The summed E-state index contributed by atoms with van der Waals surface area (Å²) in [5.74, 6) is -0.961. The molecule has 0 saturated heterocycles. The maximum atomic E-state index is 12.6. The second-order valence-corrected chi connectivity index (χ2v) is 7.20. The number of aliphatic carboxylic acids is 1. The molecule has 6 nitrogen and oxygen atoms in total. The number of ether oxygens (including phenoxy) is 1. The minimum absolute atomic E-state index is 0.0727. The van der Waals surface area contributed by atoms with E-state index in [2.05, 4.69) is 4.72 Å². The van der Waals surface area contributed by atoms with Gasteiger partial charge in [-0.1, -0.05) is 29.8 Å². The zero-order chi connectivity index (χ0) is 18.4. The first-order valence-electron chi connectivity index (χ1n) is 7.15. The molecule has 2 aromatic rings. The average molecular weight is 382 g/mol. The fourth-order valence-corrected chi connectivity index (χ4v) is 3.38. The van der Waals surface area contributed by atoms with Gasteiger partial charge in [0.1, 0.15) is 10.6 Å². The molecule has 0 aliphatic heterocycles. The highest BCUT2D eigenvalue weighted by molar-refractivity contribution is 7.89. The Bertz CT molecular complexity index is 892. The molecule has 2 rings (SSSR count). The monoisotopic (exact) mass is 381 g/mol. The van der Waals surface area contributed by atoms with Crippen molar-refractivity contribution in [2.75, 3.05) is 7.11 Å². The number of halogens is 1. The Morgan fingerprint density at radius 2 is 1.92 bits per heavy atom. The van der Waals surface area contributed by atoms with E-state index in [-0.39, 0.29) is 17.2 Å².